The van der Waals surface area contributed by atoms with Crippen molar-refractivity contribution in [3.8, 4) is 0 Å². The number of aromatic nitrogens is 1. The van der Waals surface area contributed by atoms with E-state index >= 15 is 0 Å². The Hall–Kier alpha value is -1.84. The number of carbonyl (C=O) groups is 2. The number of carbonyl (C=O) groups excluding carboxylic acids is 1. The zero-order valence-electron chi connectivity index (χ0n) is 10.7. The number of nitrogens with one attached hydrogen (secondary N) is 1. The molecule has 2 N–H and O–H groups in total. The number of carboxylic acids is 1. The molecule has 1 aromatic heterocycles. The Morgan fingerprint density at radius 2 is 2.24 bits per heavy atom. The number of thiazole rings is 1. The standard InChI is InChI=1S/C11H12F3N3O3S/c12-11(13,14)7-5-21-8(16-7)3-15-10(20)17-2-1-6(4-17)9(18)19/h5-6H,1-4H2,(H,15,20)(H,18,19). The van der Waals surface area contributed by atoms with E-state index in [1.165, 1.54) is 4.90 Å². The number of hydrogen-bond acceptors (Lipinski definition) is 4. The molecule has 0 saturated carbocycles. The van der Waals surface area contributed by atoms with Crippen LogP contribution >= 0.6 is 11.3 Å². The number of hydrogen-bond donors (Lipinski definition) is 2. The first-order valence-electron chi connectivity index (χ1n) is 6.04. The lowest BCUT2D eigenvalue weighted by Crippen LogP contribution is -2.38. The summed E-state index contributed by atoms with van der Waals surface area (Å²) in [5.74, 6) is -1.55. The van der Waals surface area contributed by atoms with Crippen LogP contribution in [0.25, 0.3) is 0 Å². The van der Waals surface area contributed by atoms with Crippen LogP contribution < -0.4 is 5.32 Å². The Balaban J connectivity index is 1.85. The van der Waals surface area contributed by atoms with E-state index in [1.807, 2.05) is 0 Å². The summed E-state index contributed by atoms with van der Waals surface area (Å²) in [7, 11) is 0. The normalized spacial score (nSPS) is 18.8. The van der Waals surface area contributed by atoms with Gasteiger partial charge in [-0.3, -0.25) is 4.79 Å². The summed E-state index contributed by atoms with van der Waals surface area (Å²) < 4.78 is 37.1. The molecule has 1 aliphatic heterocycles. The third kappa shape index (κ3) is 3.84. The van der Waals surface area contributed by atoms with E-state index < -0.39 is 29.8 Å². The molecule has 1 aliphatic rings. The molecular formula is C11H12F3N3O3S. The Bertz CT molecular complexity index is 546. The van der Waals surface area contributed by atoms with Gasteiger partial charge in [-0.15, -0.1) is 11.3 Å². The van der Waals surface area contributed by atoms with Crippen LogP contribution in [0.4, 0.5) is 18.0 Å². The number of urea groups is 1. The predicted molar refractivity (Wildman–Crippen MR) is 66.7 cm³/mol. The highest BCUT2D eigenvalue weighted by Gasteiger charge is 2.34. The van der Waals surface area contributed by atoms with Gasteiger partial charge in [0.1, 0.15) is 5.01 Å². The number of carboxylic acid groups (broad SMARTS) is 1. The second-order valence-electron chi connectivity index (χ2n) is 4.55. The van der Waals surface area contributed by atoms with Crippen LogP contribution in [0, 0.1) is 5.92 Å². The zero-order chi connectivity index (χ0) is 15.6. The van der Waals surface area contributed by atoms with Crippen molar-refractivity contribution >= 4 is 23.3 Å². The lowest BCUT2D eigenvalue weighted by molar-refractivity contribution is -0.141. The van der Waals surface area contributed by atoms with Crippen LogP contribution in [0.2, 0.25) is 0 Å². The van der Waals surface area contributed by atoms with Crippen LogP contribution in [-0.2, 0) is 17.5 Å². The first kappa shape index (κ1) is 15.5. The fraction of sp³-hybridized carbons (Fsp3) is 0.545. The van der Waals surface area contributed by atoms with Gasteiger partial charge in [0.25, 0.3) is 0 Å². The van der Waals surface area contributed by atoms with E-state index in [9.17, 15) is 22.8 Å². The average molecular weight is 323 g/mol. The van der Waals surface area contributed by atoms with Crippen molar-refractivity contribution in [2.24, 2.45) is 5.92 Å². The highest BCUT2D eigenvalue weighted by Crippen LogP contribution is 2.29. The van der Waals surface area contributed by atoms with E-state index in [1.54, 1.807) is 0 Å². The zero-order valence-corrected chi connectivity index (χ0v) is 11.5. The van der Waals surface area contributed by atoms with Crippen LogP contribution in [-0.4, -0.2) is 40.1 Å². The van der Waals surface area contributed by atoms with Gasteiger partial charge in [0.2, 0.25) is 0 Å². The van der Waals surface area contributed by atoms with Gasteiger partial charge in [0, 0.05) is 18.5 Å². The van der Waals surface area contributed by atoms with Crippen LogP contribution in [0.15, 0.2) is 5.38 Å². The van der Waals surface area contributed by atoms with Gasteiger partial charge in [-0.05, 0) is 6.42 Å². The molecule has 0 radical (unpaired) electrons. The molecule has 2 heterocycles. The van der Waals surface area contributed by atoms with E-state index in [4.69, 9.17) is 5.11 Å². The summed E-state index contributed by atoms with van der Waals surface area (Å²) in [6, 6.07) is -0.498. The van der Waals surface area contributed by atoms with Gasteiger partial charge < -0.3 is 15.3 Å². The van der Waals surface area contributed by atoms with Crippen molar-refractivity contribution in [1.29, 1.82) is 0 Å². The number of alkyl halides is 3. The molecule has 6 nitrogen and oxygen atoms in total. The van der Waals surface area contributed by atoms with Crippen molar-refractivity contribution in [1.82, 2.24) is 15.2 Å². The van der Waals surface area contributed by atoms with Gasteiger partial charge in [0.15, 0.2) is 5.69 Å². The Morgan fingerprint density at radius 3 is 2.76 bits per heavy atom. The minimum atomic E-state index is -4.50. The minimum absolute atomic E-state index is 0.104. The fourth-order valence-electron chi connectivity index (χ4n) is 1.93. The molecule has 1 aromatic rings. The maximum absolute atomic E-state index is 12.4. The lowest BCUT2D eigenvalue weighted by Gasteiger charge is -2.16. The average Bonchev–Trinajstić information content (AvgIpc) is 3.04. The monoisotopic (exact) mass is 323 g/mol. The summed E-state index contributed by atoms with van der Waals surface area (Å²) in [4.78, 5) is 27.3. The van der Waals surface area contributed by atoms with E-state index in [0.29, 0.717) is 13.0 Å². The molecule has 0 aliphatic carbocycles. The number of rotatable bonds is 3. The summed E-state index contributed by atoms with van der Waals surface area (Å²) in [5.41, 5.74) is -0.983. The molecule has 1 fully saturated rings. The molecule has 2 rings (SSSR count). The van der Waals surface area contributed by atoms with Crippen LogP contribution in [0.1, 0.15) is 17.1 Å². The summed E-state index contributed by atoms with van der Waals surface area (Å²) in [5, 5.41) is 12.3. The number of nitrogens with zero attached hydrogens (tertiary/aromatic N) is 2. The molecule has 0 aromatic carbocycles. The van der Waals surface area contributed by atoms with Gasteiger partial charge in [-0.25, -0.2) is 9.78 Å². The van der Waals surface area contributed by atoms with E-state index in [0.717, 1.165) is 16.7 Å². The SMILES string of the molecule is O=C(O)C1CCN(C(=O)NCc2nc(C(F)(F)F)cs2)C1. The third-order valence-corrected chi connectivity index (χ3v) is 3.91. The van der Waals surface area contributed by atoms with E-state index in [-0.39, 0.29) is 18.1 Å². The maximum atomic E-state index is 12.4. The molecule has 1 saturated heterocycles. The van der Waals surface area contributed by atoms with Crippen LogP contribution in [0.3, 0.4) is 0 Å². The van der Waals surface area contributed by atoms with Crippen molar-refractivity contribution in [3.63, 3.8) is 0 Å². The number of amides is 2. The molecule has 2 amide bonds. The molecule has 21 heavy (non-hydrogen) atoms. The number of likely N-dealkylation sites (tertiary alicyclic amines) is 1. The Kier molecular flexibility index (Phi) is 4.35. The third-order valence-electron chi connectivity index (χ3n) is 3.06. The second-order valence-corrected chi connectivity index (χ2v) is 5.50. The predicted octanol–water partition coefficient (Wildman–Crippen LogP) is 1.78. The van der Waals surface area contributed by atoms with Crippen LogP contribution in [0.5, 0.6) is 0 Å². The molecule has 10 heteroatoms. The quantitative estimate of drug-likeness (QED) is 0.888. The minimum Gasteiger partial charge on any atom is -0.481 e. The summed E-state index contributed by atoms with van der Waals surface area (Å²) in [6.45, 7) is 0.301. The molecule has 116 valence electrons. The second kappa shape index (κ2) is 5.88. The highest BCUT2D eigenvalue weighted by atomic mass is 32.1. The maximum Gasteiger partial charge on any atom is 0.434 e. The van der Waals surface area contributed by atoms with Gasteiger partial charge in [0.05, 0.1) is 12.5 Å². The first-order chi connectivity index (χ1) is 9.77. The molecule has 0 spiro atoms. The smallest absolute Gasteiger partial charge is 0.434 e. The van der Waals surface area contributed by atoms with E-state index in [2.05, 4.69) is 10.3 Å². The molecule has 0 bridgehead atoms. The largest absolute Gasteiger partial charge is 0.481 e. The lowest BCUT2D eigenvalue weighted by atomic mass is 10.1. The summed E-state index contributed by atoms with van der Waals surface area (Å²) in [6.07, 6.45) is -4.12. The molecule has 1 unspecified atom stereocenters. The Morgan fingerprint density at radius 1 is 1.52 bits per heavy atom. The number of halogens is 3. The molecular weight excluding hydrogens is 311 g/mol. The summed E-state index contributed by atoms with van der Waals surface area (Å²) >= 11 is 0.808. The first-order valence-corrected chi connectivity index (χ1v) is 6.92. The molecule has 1 atom stereocenters. The van der Waals surface area contributed by atoms with Gasteiger partial charge in [-0.2, -0.15) is 13.2 Å². The van der Waals surface area contributed by atoms with Gasteiger partial charge >= 0.3 is 18.2 Å². The topological polar surface area (TPSA) is 82.5 Å². The van der Waals surface area contributed by atoms with Crippen molar-refractivity contribution in [2.75, 3.05) is 13.1 Å². The van der Waals surface area contributed by atoms with Crippen molar-refractivity contribution in [2.45, 2.75) is 19.1 Å². The highest BCUT2D eigenvalue weighted by molar-refractivity contribution is 7.09. The Labute approximate surface area is 121 Å². The fourth-order valence-corrected chi connectivity index (χ4v) is 2.67. The van der Waals surface area contributed by atoms with Gasteiger partial charge in [-0.1, -0.05) is 0 Å². The van der Waals surface area contributed by atoms with Crippen molar-refractivity contribution < 1.29 is 27.9 Å². The number of aliphatic carboxylic acids is 1. The van der Waals surface area contributed by atoms with Crippen molar-refractivity contribution in [3.05, 3.63) is 16.1 Å².